The van der Waals surface area contributed by atoms with Crippen LogP contribution in [0.1, 0.15) is 54.8 Å². The first kappa shape index (κ1) is 33.3. The van der Waals surface area contributed by atoms with Gasteiger partial charge in [0, 0.05) is 37.3 Å². The molecule has 1 atom stereocenters. The molecular formula is C29H28F7N5O4. The number of nitrogens with one attached hydrogen (secondary N) is 2. The largest absolute Gasteiger partial charge is 0.449 e. The monoisotopic (exact) mass is 643 g/mol. The fraction of sp³-hybridized carbons (Fsp3) is 0.379. The first-order chi connectivity index (χ1) is 20.9. The zero-order valence-electron chi connectivity index (χ0n) is 24.2. The summed E-state index contributed by atoms with van der Waals surface area (Å²) in [6.45, 7) is 3.57. The minimum Gasteiger partial charge on any atom is -0.444 e. The maximum atomic E-state index is 14.4. The lowest BCUT2D eigenvalue weighted by Gasteiger charge is -2.31. The number of alkyl halides is 3. The van der Waals surface area contributed by atoms with Crippen LogP contribution in [0.3, 0.4) is 0 Å². The summed E-state index contributed by atoms with van der Waals surface area (Å²) in [7, 11) is 0. The van der Waals surface area contributed by atoms with Crippen LogP contribution in [0, 0.1) is 23.3 Å². The molecule has 1 aromatic heterocycles. The summed E-state index contributed by atoms with van der Waals surface area (Å²) in [4.78, 5) is 43.5. The van der Waals surface area contributed by atoms with E-state index in [0.29, 0.717) is 12.1 Å². The van der Waals surface area contributed by atoms with E-state index in [4.69, 9.17) is 4.74 Å². The number of aromatic nitrogens is 2. The number of benzene rings is 2. The Morgan fingerprint density at radius 2 is 1.60 bits per heavy atom. The van der Waals surface area contributed by atoms with Crippen LogP contribution in [0.2, 0.25) is 0 Å². The van der Waals surface area contributed by atoms with E-state index in [1.807, 2.05) is 0 Å². The van der Waals surface area contributed by atoms with Crippen LogP contribution in [0.4, 0.5) is 41.2 Å². The molecule has 0 bridgehead atoms. The molecule has 0 spiro atoms. The second kappa shape index (κ2) is 12.8. The van der Waals surface area contributed by atoms with E-state index >= 15 is 0 Å². The van der Waals surface area contributed by atoms with Crippen molar-refractivity contribution in [1.29, 1.82) is 0 Å². The number of rotatable bonds is 7. The van der Waals surface area contributed by atoms with E-state index in [2.05, 4.69) is 15.6 Å². The number of carbonyl (C=O) groups excluding carboxylic acids is 3. The minimum absolute atomic E-state index is 0.0842. The molecule has 9 nitrogen and oxygen atoms in total. The molecular weight excluding hydrogens is 615 g/mol. The Labute approximate surface area is 252 Å². The van der Waals surface area contributed by atoms with Crippen molar-refractivity contribution in [2.45, 2.75) is 64.5 Å². The lowest BCUT2D eigenvalue weighted by atomic mass is 10.0. The van der Waals surface area contributed by atoms with Gasteiger partial charge in [-0.2, -0.15) is 13.2 Å². The van der Waals surface area contributed by atoms with Gasteiger partial charge < -0.3 is 24.8 Å². The van der Waals surface area contributed by atoms with Crippen molar-refractivity contribution in [3.63, 3.8) is 0 Å². The van der Waals surface area contributed by atoms with Gasteiger partial charge >= 0.3 is 12.3 Å². The Bertz CT molecular complexity index is 1600. The van der Waals surface area contributed by atoms with Gasteiger partial charge in [0.2, 0.25) is 11.7 Å². The zero-order chi connectivity index (χ0) is 33.3. The Morgan fingerprint density at radius 3 is 2.22 bits per heavy atom. The van der Waals surface area contributed by atoms with Crippen molar-refractivity contribution < 1.29 is 49.9 Å². The summed E-state index contributed by atoms with van der Waals surface area (Å²) in [5.74, 6) is -7.63. The predicted octanol–water partition coefficient (Wildman–Crippen LogP) is 5.58. The molecule has 2 heterocycles. The van der Waals surface area contributed by atoms with Crippen LogP contribution in [-0.2, 0) is 35.2 Å². The molecule has 45 heavy (non-hydrogen) atoms. The average molecular weight is 644 g/mol. The molecule has 2 N–H and O–H groups in total. The summed E-state index contributed by atoms with van der Waals surface area (Å²) >= 11 is 0. The Kier molecular flexibility index (Phi) is 9.44. The fourth-order valence-electron chi connectivity index (χ4n) is 4.68. The van der Waals surface area contributed by atoms with Crippen LogP contribution < -0.4 is 10.6 Å². The number of ether oxygens (including phenoxy) is 1. The van der Waals surface area contributed by atoms with Crippen molar-refractivity contribution in [2.75, 3.05) is 11.9 Å². The number of hydrogen-bond acceptors (Lipinski definition) is 5. The van der Waals surface area contributed by atoms with Crippen LogP contribution in [-0.4, -0.2) is 50.5 Å². The van der Waals surface area contributed by atoms with Crippen LogP contribution in [0.5, 0.6) is 0 Å². The standard InChI is InChI=1S/C29H28F7N5O4/c1-28(2,3)45-27(44)38-18(10-15-11-20(32)21(33)13-19(15)31)12-23(42)40-8-9-41-22(14-40)24(39-26(41)29(34,35)36)25(43)37-17-6-4-16(30)5-7-17/h4-7,11,13,18H,8-10,12,14H2,1-3H3,(H,37,43)(H,38,44)/t18-/m1/s1. The minimum atomic E-state index is -4.94. The molecule has 0 radical (unpaired) electrons. The molecule has 3 amide bonds. The molecule has 0 aliphatic carbocycles. The van der Waals surface area contributed by atoms with Gasteiger partial charge in [-0.3, -0.25) is 9.59 Å². The summed E-state index contributed by atoms with van der Waals surface area (Å²) in [5.41, 5.74) is -2.07. The summed E-state index contributed by atoms with van der Waals surface area (Å²) in [6, 6.07) is 4.16. The molecule has 3 aromatic rings. The van der Waals surface area contributed by atoms with Gasteiger partial charge in [-0.1, -0.05) is 0 Å². The first-order valence-electron chi connectivity index (χ1n) is 13.6. The molecule has 0 saturated carbocycles. The van der Waals surface area contributed by atoms with E-state index in [-0.39, 0.29) is 23.5 Å². The molecule has 1 aliphatic rings. The number of hydrogen-bond donors (Lipinski definition) is 2. The van der Waals surface area contributed by atoms with Crippen molar-refractivity contribution in [3.8, 4) is 0 Å². The van der Waals surface area contributed by atoms with Gasteiger partial charge in [0.15, 0.2) is 17.3 Å². The normalized spacial score (nSPS) is 14.0. The number of nitrogens with zero attached hydrogens (tertiary/aromatic N) is 3. The molecule has 242 valence electrons. The number of alkyl carbamates (subject to hydrolysis) is 1. The number of imidazole rings is 1. The van der Waals surface area contributed by atoms with Crippen molar-refractivity contribution in [2.24, 2.45) is 0 Å². The zero-order valence-corrected chi connectivity index (χ0v) is 24.2. The molecule has 16 heteroatoms. The lowest BCUT2D eigenvalue weighted by Crippen LogP contribution is -2.45. The van der Waals surface area contributed by atoms with Gasteiger partial charge in [-0.15, -0.1) is 0 Å². The average Bonchev–Trinajstić information content (AvgIpc) is 3.31. The highest BCUT2D eigenvalue weighted by Crippen LogP contribution is 2.33. The SMILES string of the molecule is CC(C)(C)OC(=O)N[C@@H](CC(=O)N1CCn2c(C(F)(F)F)nc(C(=O)Nc3ccc(F)cc3)c2C1)Cc1cc(F)c(F)cc1F. The summed E-state index contributed by atoms with van der Waals surface area (Å²) in [5, 5.41) is 4.76. The summed E-state index contributed by atoms with van der Waals surface area (Å²) < 4.78 is 102. The molecule has 1 aliphatic heterocycles. The molecule has 0 fully saturated rings. The van der Waals surface area contributed by atoms with Crippen molar-refractivity contribution >= 4 is 23.6 Å². The van der Waals surface area contributed by atoms with Crippen LogP contribution >= 0.6 is 0 Å². The second-order valence-electron chi connectivity index (χ2n) is 11.3. The number of halogens is 7. The Balaban J connectivity index is 1.59. The van der Waals surface area contributed by atoms with Gasteiger partial charge in [0.25, 0.3) is 5.91 Å². The molecule has 2 aromatic carbocycles. The maximum Gasteiger partial charge on any atom is 0.449 e. The highest BCUT2D eigenvalue weighted by molar-refractivity contribution is 6.03. The van der Waals surface area contributed by atoms with Gasteiger partial charge in [0.05, 0.1) is 12.2 Å². The van der Waals surface area contributed by atoms with E-state index in [1.165, 1.54) is 12.1 Å². The van der Waals surface area contributed by atoms with Crippen LogP contribution in [0.25, 0.3) is 0 Å². The number of fused-ring (bicyclic) bond motifs is 1. The summed E-state index contributed by atoms with van der Waals surface area (Å²) in [6.07, 6.45) is -6.94. The number of amides is 3. The molecule has 0 saturated heterocycles. The topological polar surface area (TPSA) is 106 Å². The first-order valence-corrected chi connectivity index (χ1v) is 13.6. The maximum absolute atomic E-state index is 14.4. The van der Waals surface area contributed by atoms with Crippen molar-refractivity contribution in [3.05, 3.63) is 82.4 Å². The third kappa shape index (κ3) is 8.30. The predicted molar refractivity (Wildman–Crippen MR) is 145 cm³/mol. The number of carbonyl (C=O) groups is 3. The van der Waals surface area contributed by atoms with E-state index in [0.717, 1.165) is 21.6 Å². The number of anilines is 1. The highest BCUT2D eigenvalue weighted by atomic mass is 19.4. The molecule has 0 unspecified atom stereocenters. The second-order valence-corrected chi connectivity index (χ2v) is 11.3. The third-order valence-corrected chi connectivity index (χ3v) is 6.63. The smallest absolute Gasteiger partial charge is 0.444 e. The Hall–Kier alpha value is -4.63. The molecule has 4 rings (SSSR count). The van der Waals surface area contributed by atoms with E-state index in [9.17, 15) is 45.1 Å². The van der Waals surface area contributed by atoms with E-state index < -0.39 is 96.4 Å². The van der Waals surface area contributed by atoms with Gasteiger partial charge in [0.1, 0.15) is 17.2 Å². The third-order valence-electron chi connectivity index (χ3n) is 6.63. The van der Waals surface area contributed by atoms with Crippen LogP contribution in [0.15, 0.2) is 36.4 Å². The van der Waals surface area contributed by atoms with Crippen molar-refractivity contribution in [1.82, 2.24) is 19.8 Å². The van der Waals surface area contributed by atoms with Gasteiger partial charge in [-0.25, -0.2) is 27.3 Å². The Morgan fingerprint density at radius 1 is 0.956 bits per heavy atom. The lowest BCUT2D eigenvalue weighted by molar-refractivity contribution is -0.148. The van der Waals surface area contributed by atoms with Gasteiger partial charge in [-0.05, 0) is 63.1 Å². The quantitative estimate of drug-likeness (QED) is 0.259. The highest BCUT2D eigenvalue weighted by Gasteiger charge is 2.42. The van der Waals surface area contributed by atoms with E-state index in [1.54, 1.807) is 20.8 Å². The fourth-order valence-corrected chi connectivity index (χ4v) is 4.68.